The quantitative estimate of drug-likeness (QED) is 0.670. The maximum absolute atomic E-state index is 12.8. The van der Waals surface area contributed by atoms with Crippen molar-refractivity contribution in [1.82, 2.24) is 25.1 Å². The lowest BCUT2D eigenvalue weighted by Crippen LogP contribution is -2.38. The summed E-state index contributed by atoms with van der Waals surface area (Å²) in [4.78, 5) is 31.5. The molecule has 0 atom stereocenters. The minimum absolute atomic E-state index is 0.0310. The fraction of sp³-hybridized carbons (Fsp3) is 0.312. The third-order valence-corrected chi connectivity index (χ3v) is 4.55. The molecule has 0 saturated carbocycles. The van der Waals surface area contributed by atoms with E-state index >= 15 is 0 Å². The van der Waals surface area contributed by atoms with Gasteiger partial charge in [0.2, 0.25) is 0 Å². The summed E-state index contributed by atoms with van der Waals surface area (Å²) in [6.45, 7) is 1.42. The highest BCUT2D eigenvalue weighted by Gasteiger charge is 2.26. The SMILES string of the molecule is O=C(c1cccc2[nH]c(=O)[nH]c12)N1CCC(c2cn[nH]c2)CC1. The molecular formula is C16H17N5O2. The molecule has 0 unspecified atom stereocenters. The van der Waals surface area contributed by atoms with E-state index in [1.165, 1.54) is 5.56 Å². The highest BCUT2D eigenvalue weighted by atomic mass is 16.2. The number of para-hydroxylation sites is 1. The predicted molar refractivity (Wildman–Crippen MR) is 85.4 cm³/mol. The number of H-pyrrole nitrogens is 3. The van der Waals surface area contributed by atoms with Gasteiger partial charge in [0.05, 0.1) is 22.8 Å². The van der Waals surface area contributed by atoms with Gasteiger partial charge in [-0.05, 0) is 36.5 Å². The molecule has 2 aromatic heterocycles. The van der Waals surface area contributed by atoms with Crippen molar-refractivity contribution in [3.8, 4) is 0 Å². The molecule has 0 bridgehead atoms. The van der Waals surface area contributed by atoms with Gasteiger partial charge in [0, 0.05) is 19.3 Å². The van der Waals surface area contributed by atoms with Crippen LogP contribution in [0.2, 0.25) is 0 Å². The Morgan fingerprint density at radius 1 is 1.22 bits per heavy atom. The first-order valence-electron chi connectivity index (χ1n) is 7.71. The molecule has 3 N–H and O–H groups in total. The number of aromatic amines is 3. The number of fused-ring (bicyclic) bond motifs is 1. The van der Waals surface area contributed by atoms with Crippen LogP contribution in [0.15, 0.2) is 35.4 Å². The molecule has 1 aliphatic heterocycles. The van der Waals surface area contributed by atoms with Crippen molar-refractivity contribution in [1.29, 1.82) is 0 Å². The number of hydrogen-bond acceptors (Lipinski definition) is 3. The van der Waals surface area contributed by atoms with E-state index in [1.807, 2.05) is 17.3 Å². The molecule has 3 aromatic rings. The molecule has 7 nitrogen and oxygen atoms in total. The summed E-state index contributed by atoms with van der Waals surface area (Å²) in [5.41, 5.74) is 2.70. The van der Waals surface area contributed by atoms with Crippen molar-refractivity contribution in [2.75, 3.05) is 13.1 Å². The number of hydrogen-bond donors (Lipinski definition) is 3. The number of piperidine rings is 1. The van der Waals surface area contributed by atoms with Crippen molar-refractivity contribution >= 4 is 16.9 Å². The first kappa shape index (κ1) is 13.8. The average molecular weight is 311 g/mol. The summed E-state index contributed by atoms with van der Waals surface area (Å²) >= 11 is 0. The Hall–Kier alpha value is -2.83. The lowest BCUT2D eigenvalue weighted by molar-refractivity contribution is 0.0715. The van der Waals surface area contributed by atoms with Crippen molar-refractivity contribution < 1.29 is 4.79 Å². The largest absolute Gasteiger partial charge is 0.339 e. The molecule has 1 amide bonds. The van der Waals surface area contributed by atoms with Crippen molar-refractivity contribution in [2.45, 2.75) is 18.8 Å². The number of carbonyl (C=O) groups excluding carboxylic acids is 1. The molecule has 7 heteroatoms. The summed E-state index contributed by atoms with van der Waals surface area (Å²) in [5, 5.41) is 6.83. The zero-order valence-corrected chi connectivity index (χ0v) is 12.5. The van der Waals surface area contributed by atoms with Crippen LogP contribution >= 0.6 is 0 Å². The van der Waals surface area contributed by atoms with Crippen LogP contribution in [0, 0.1) is 0 Å². The fourth-order valence-electron chi connectivity index (χ4n) is 3.31. The highest BCUT2D eigenvalue weighted by molar-refractivity contribution is 6.04. The van der Waals surface area contributed by atoms with Gasteiger partial charge in [-0.3, -0.25) is 9.89 Å². The Balaban J connectivity index is 1.54. The topological polar surface area (TPSA) is 97.6 Å². The molecule has 1 aromatic carbocycles. The molecule has 4 rings (SSSR count). The molecule has 1 saturated heterocycles. The highest BCUT2D eigenvalue weighted by Crippen LogP contribution is 2.28. The number of amides is 1. The van der Waals surface area contributed by atoms with E-state index in [2.05, 4.69) is 20.2 Å². The minimum Gasteiger partial charge on any atom is -0.339 e. The number of carbonyl (C=O) groups is 1. The van der Waals surface area contributed by atoms with Gasteiger partial charge in [-0.2, -0.15) is 5.10 Å². The van der Waals surface area contributed by atoms with E-state index in [9.17, 15) is 9.59 Å². The van der Waals surface area contributed by atoms with E-state index in [-0.39, 0.29) is 11.6 Å². The maximum Gasteiger partial charge on any atom is 0.323 e. The first-order chi connectivity index (χ1) is 11.2. The maximum atomic E-state index is 12.8. The first-order valence-corrected chi connectivity index (χ1v) is 7.71. The molecular weight excluding hydrogens is 294 g/mol. The van der Waals surface area contributed by atoms with Gasteiger partial charge >= 0.3 is 5.69 Å². The van der Waals surface area contributed by atoms with Gasteiger partial charge in [-0.25, -0.2) is 4.79 Å². The molecule has 0 aliphatic carbocycles. The fourth-order valence-corrected chi connectivity index (χ4v) is 3.31. The Labute approximate surface area is 131 Å². The van der Waals surface area contributed by atoms with Gasteiger partial charge in [0.25, 0.3) is 5.91 Å². The van der Waals surface area contributed by atoms with Gasteiger partial charge in [-0.15, -0.1) is 0 Å². The van der Waals surface area contributed by atoms with Crippen molar-refractivity contribution in [3.05, 3.63) is 52.2 Å². The molecule has 1 aliphatic rings. The summed E-state index contributed by atoms with van der Waals surface area (Å²) < 4.78 is 0. The molecule has 1 fully saturated rings. The normalized spacial score (nSPS) is 16.1. The van der Waals surface area contributed by atoms with Crippen LogP contribution in [0.3, 0.4) is 0 Å². The number of imidazole rings is 1. The number of likely N-dealkylation sites (tertiary alicyclic amines) is 1. The Morgan fingerprint density at radius 3 is 2.78 bits per heavy atom. The van der Waals surface area contributed by atoms with E-state index in [4.69, 9.17) is 0 Å². The van der Waals surface area contributed by atoms with Crippen LogP contribution in [-0.4, -0.2) is 44.1 Å². The number of aromatic nitrogens is 4. The molecule has 0 spiro atoms. The monoisotopic (exact) mass is 311 g/mol. The number of nitrogens with zero attached hydrogens (tertiary/aromatic N) is 2. The van der Waals surface area contributed by atoms with E-state index < -0.39 is 0 Å². The smallest absolute Gasteiger partial charge is 0.323 e. The number of benzene rings is 1. The lowest BCUT2D eigenvalue weighted by Gasteiger charge is -2.31. The summed E-state index contributed by atoms with van der Waals surface area (Å²) in [7, 11) is 0. The van der Waals surface area contributed by atoms with Crippen LogP contribution in [0.4, 0.5) is 0 Å². The molecule has 0 radical (unpaired) electrons. The summed E-state index contributed by atoms with van der Waals surface area (Å²) in [5.74, 6) is 0.414. The predicted octanol–water partition coefficient (Wildman–Crippen LogP) is 1.60. The Bertz CT molecular complexity index is 885. The second-order valence-corrected chi connectivity index (χ2v) is 5.91. The van der Waals surface area contributed by atoms with Gasteiger partial charge in [0.15, 0.2) is 0 Å². The third-order valence-electron chi connectivity index (χ3n) is 4.55. The second kappa shape index (κ2) is 5.42. The van der Waals surface area contributed by atoms with Gasteiger partial charge in [-0.1, -0.05) is 6.07 Å². The standard InChI is InChI=1S/C16H17N5O2/c22-15(12-2-1-3-13-14(12)20-16(23)19-13)21-6-4-10(5-7-21)11-8-17-18-9-11/h1-3,8-10H,4-7H2,(H,17,18)(H2,19,20,23). The van der Waals surface area contributed by atoms with E-state index in [1.54, 1.807) is 18.2 Å². The lowest BCUT2D eigenvalue weighted by atomic mass is 9.91. The molecule has 118 valence electrons. The van der Waals surface area contributed by atoms with Crippen LogP contribution in [-0.2, 0) is 0 Å². The Morgan fingerprint density at radius 2 is 2.04 bits per heavy atom. The third kappa shape index (κ3) is 2.44. The van der Waals surface area contributed by atoms with Crippen LogP contribution in [0.25, 0.3) is 11.0 Å². The summed E-state index contributed by atoms with van der Waals surface area (Å²) in [6, 6.07) is 5.34. The van der Waals surface area contributed by atoms with Gasteiger partial charge in [0.1, 0.15) is 0 Å². The second-order valence-electron chi connectivity index (χ2n) is 5.91. The van der Waals surface area contributed by atoms with Crippen LogP contribution in [0.5, 0.6) is 0 Å². The molecule has 23 heavy (non-hydrogen) atoms. The van der Waals surface area contributed by atoms with E-state index in [0.717, 1.165) is 12.8 Å². The summed E-state index contributed by atoms with van der Waals surface area (Å²) in [6.07, 6.45) is 5.62. The molecule has 3 heterocycles. The van der Waals surface area contributed by atoms with Crippen molar-refractivity contribution in [2.24, 2.45) is 0 Å². The average Bonchev–Trinajstić information content (AvgIpc) is 3.22. The van der Waals surface area contributed by atoms with Crippen LogP contribution in [0.1, 0.15) is 34.7 Å². The van der Waals surface area contributed by atoms with Gasteiger partial charge < -0.3 is 14.9 Å². The Kier molecular flexibility index (Phi) is 3.25. The number of rotatable bonds is 2. The van der Waals surface area contributed by atoms with E-state index in [0.29, 0.717) is 35.6 Å². The zero-order chi connectivity index (χ0) is 15.8. The van der Waals surface area contributed by atoms with Crippen LogP contribution < -0.4 is 5.69 Å². The minimum atomic E-state index is -0.293. The zero-order valence-electron chi connectivity index (χ0n) is 12.5. The van der Waals surface area contributed by atoms with Crippen molar-refractivity contribution in [3.63, 3.8) is 0 Å². The number of nitrogens with one attached hydrogen (secondary N) is 3.